The molecule has 0 aliphatic heterocycles. The van der Waals surface area contributed by atoms with Crippen LogP contribution in [0.1, 0.15) is 11.1 Å². The van der Waals surface area contributed by atoms with Gasteiger partial charge in [0.1, 0.15) is 6.07 Å². The molecule has 0 bridgehead atoms. The summed E-state index contributed by atoms with van der Waals surface area (Å²) in [6.45, 7) is -3.08. The van der Waals surface area contributed by atoms with Crippen molar-refractivity contribution in [2.45, 2.75) is 13.0 Å². The van der Waals surface area contributed by atoms with Crippen LogP contribution in [0.3, 0.4) is 0 Å². The highest BCUT2D eigenvalue weighted by Crippen LogP contribution is 2.33. The average molecular weight is 271 g/mol. The average Bonchev–Trinajstić information content (AvgIpc) is 2.39. The molecule has 102 valence electrons. The van der Waals surface area contributed by atoms with Crippen LogP contribution >= 0.6 is 0 Å². The number of methoxy groups -OCH3 is 2. The van der Waals surface area contributed by atoms with Gasteiger partial charge in [-0.25, -0.2) is 0 Å². The Kier molecular flexibility index (Phi) is 5.06. The fourth-order valence-corrected chi connectivity index (χ4v) is 1.45. The maximum absolute atomic E-state index is 12.3. The third-order valence-corrected chi connectivity index (χ3v) is 2.24. The van der Waals surface area contributed by atoms with Crippen LogP contribution in [-0.4, -0.2) is 26.8 Å². The van der Waals surface area contributed by atoms with Crippen molar-refractivity contribution in [1.82, 2.24) is 0 Å². The number of esters is 1. The summed E-state index contributed by atoms with van der Waals surface area (Å²) in [5, 5.41) is 8.92. The Bertz CT molecular complexity index is 511. The van der Waals surface area contributed by atoms with Gasteiger partial charge in [-0.1, -0.05) is 0 Å². The molecule has 0 heterocycles. The lowest BCUT2D eigenvalue weighted by Crippen LogP contribution is -2.08. The second kappa shape index (κ2) is 6.54. The first-order chi connectivity index (χ1) is 9.01. The van der Waals surface area contributed by atoms with Gasteiger partial charge in [-0.3, -0.25) is 4.79 Å². The SMILES string of the molecule is COC(=O)Cc1cc(C#N)c(OC(F)F)c(OC)c1. The minimum absolute atomic E-state index is 0.0433. The van der Waals surface area contributed by atoms with E-state index in [0.29, 0.717) is 5.56 Å². The van der Waals surface area contributed by atoms with Crippen molar-refractivity contribution >= 4 is 5.97 Å². The highest BCUT2D eigenvalue weighted by molar-refractivity contribution is 5.73. The summed E-state index contributed by atoms with van der Waals surface area (Å²) in [6, 6.07) is 4.33. The van der Waals surface area contributed by atoms with Gasteiger partial charge < -0.3 is 14.2 Å². The summed E-state index contributed by atoms with van der Waals surface area (Å²) < 4.78 is 38.1. The second-order valence-corrected chi connectivity index (χ2v) is 3.42. The zero-order valence-electron chi connectivity index (χ0n) is 10.3. The Hall–Kier alpha value is -2.36. The van der Waals surface area contributed by atoms with E-state index < -0.39 is 12.6 Å². The minimum Gasteiger partial charge on any atom is -0.493 e. The lowest BCUT2D eigenvalue weighted by Gasteiger charge is -2.13. The molecule has 0 spiro atoms. The van der Waals surface area contributed by atoms with Crippen LogP contribution < -0.4 is 9.47 Å². The predicted molar refractivity (Wildman–Crippen MR) is 60.1 cm³/mol. The summed E-state index contributed by atoms with van der Waals surface area (Å²) in [5.74, 6) is -0.916. The van der Waals surface area contributed by atoms with Gasteiger partial charge in [-0.15, -0.1) is 0 Å². The number of carbonyl (C=O) groups is 1. The Morgan fingerprint density at radius 1 is 1.42 bits per heavy atom. The normalized spacial score (nSPS) is 9.89. The van der Waals surface area contributed by atoms with E-state index in [2.05, 4.69) is 9.47 Å². The van der Waals surface area contributed by atoms with Gasteiger partial charge in [0.2, 0.25) is 0 Å². The molecule has 0 aromatic heterocycles. The highest BCUT2D eigenvalue weighted by Gasteiger charge is 2.18. The molecule has 5 nitrogen and oxygen atoms in total. The van der Waals surface area contributed by atoms with E-state index in [9.17, 15) is 13.6 Å². The number of rotatable bonds is 5. The van der Waals surface area contributed by atoms with Crippen molar-refractivity contribution in [3.63, 3.8) is 0 Å². The largest absolute Gasteiger partial charge is 0.493 e. The molecule has 0 aliphatic carbocycles. The number of carbonyl (C=O) groups excluding carboxylic acids is 1. The summed E-state index contributed by atoms with van der Waals surface area (Å²) in [6.07, 6.45) is -0.101. The monoisotopic (exact) mass is 271 g/mol. The summed E-state index contributed by atoms with van der Waals surface area (Å²) in [5.41, 5.74) is 0.264. The van der Waals surface area contributed by atoms with Crippen molar-refractivity contribution in [3.05, 3.63) is 23.3 Å². The van der Waals surface area contributed by atoms with Crippen molar-refractivity contribution in [2.24, 2.45) is 0 Å². The van der Waals surface area contributed by atoms with Crippen LogP contribution in [0.15, 0.2) is 12.1 Å². The number of halogens is 2. The van der Waals surface area contributed by atoms with E-state index in [1.807, 2.05) is 0 Å². The molecule has 1 rings (SSSR count). The van der Waals surface area contributed by atoms with Gasteiger partial charge in [-0.05, 0) is 17.7 Å². The maximum Gasteiger partial charge on any atom is 0.387 e. The Morgan fingerprint density at radius 2 is 2.11 bits per heavy atom. The molecule has 0 unspecified atom stereocenters. The first-order valence-electron chi connectivity index (χ1n) is 5.14. The van der Waals surface area contributed by atoms with Crippen LogP contribution in [-0.2, 0) is 16.0 Å². The van der Waals surface area contributed by atoms with Gasteiger partial charge in [-0.2, -0.15) is 14.0 Å². The first-order valence-corrected chi connectivity index (χ1v) is 5.14. The number of nitriles is 1. The van der Waals surface area contributed by atoms with E-state index in [0.717, 1.165) is 0 Å². The molecule has 0 saturated carbocycles. The first kappa shape index (κ1) is 14.7. The fraction of sp³-hybridized carbons (Fsp3) is 0.333. The number of ether oxygens (including phenoxy) is 3. The van der Waals surface area contributed by atoms with Crippen molar-refractivity contribution < 1.29 is 27.8 Å². The number of hydrogen-bond donors (Lipinski definition) is 0. The third-order valence-electron chi connectivity index (χ3n) is 2.24. The zero-order chi connectivity index (χ0) is 14.4. The van der Waals surface area contributed by atoms with Crippen LogP contribution in [0.4, 0.5) is 8.78 Å². The van der Waals surface area contributed by atoms with E-state index in [4.69, 9.17) is 10.00 Å². The number of hydrogen-bond acceptors (Lipinski definition) is 5. The summed E-state index contributed by atoms with van der Waals surface area (Å²) in [4.78, 5) is 11.1. The smallest absolute Gasteiger partial charge is 0.387 e. The van der Waals surface area contributed by atoms with Gasteiger partial charge >= 0.3 is 12.6 Å². The Labute approximate surface area is 108 Å². The molecule has 0 atom stereocenters. The Balaban J connectivity index is 3.20. The van der Waals surface area contributed by atoms with Crippen molar-refractivity contribution in [3.8, 4) is 17.6 Å². The second-order valence-electron chi connectivity index (χ2n) is 3.42. The molecule has 1 aromatic rings. The van der Waals surface area contributed by atoms with Gasteiger partial charge in [0.25, 0.3) is 0 Å². The molecule has 1 aromatic carbocycles. The molecular formula is C12H11F2NO4. The molecule has 0 aliphatic rings. The Morgan fingerprint density at radius 3 is 2.58 bits per heavy atom. The lowest BCUT2D eigenvalue weighted by atomic mass is 10.1. The summed E-state index contributed by atoms with van der Waals surface area (Å²) in [7, 11) is 2.47. The van der Waals surface area contributed by atoms with Crippen LogP contribution in [0.25, 0.3) is 0 Å². The molecule has 0 amide bonds. The number of nitrogens with zero attached hydrogens (tertiary/aromatic N) is 1. The van der Waals surface area contributed by atoms with Crippen molar-refractivity contribution in [1.29, 1.82) is 5.26 Å². The minimum atomic E-state index is -3.08. The highest BCUT2D eigenvalue weighted by atomic mass is 19.3. The van der Waals surface area contributed by atoms with E-state index in [1.165, 1.54) is 26.4 Å². The number of benzene rings is 1. The molecule has 0 radical (unpaired) electrons. The quantitative estimate of drug-likeness (QED) is 0.765. The van der Waals surface area contributed by atoms with Gasteiger partial charge in [0.05, 0.1) is 26.2 Å². The molecule has 0 fully saturated rings. The lowest BCUT2D eigenvalue weighted by molar-refractivity contribution is -0.139. The fourth-order valence-electron chi connectivity index (χ4n) is 1.45. The van der Waals surface area contributed by atoms with Crippen LogP contribution in [0, 0.1) is 11.3 Å². The molecule has 0 N–H and O–H groups in total. The molecule has 19 heavy (non-hydrogen) atoms. The molecule has 0 saturated heterocycles. The third kappa shape index (κ3) is 3.81. The van der Waals surface area contributed by atoms with Crippen LogP contribution in [0.5, 0.6) is 11.5 Å². The van der Waals surface area contributed by atoms with E-state index >= 15 is 0 Å². The van der Waals surface area contributed by atoms with E-state index in [1.54, 1.807) is 6.07 Å². The van der Waals surface area contributed by atoms with Crippen LogP contribution in [0.2, 0.25) is 0 Å². The van der Waals surface area contributed by atoms with Crippen molar-refractivity contribution in [2.75, 3.05) is 14.2 Å². The standard InChI is InChI=1S/C12H11F2NO4/c1-17-9-4-7(5-10(16)18-2)3-8(6-15)11(9)19-12(13)14/h3-4,12H,5H2,1-2H3. The molecular weight excluding hydrogens is 260 g/mol. The van der Waals surface area contributed by atoms with E-state index in [-0.39, 0.29) is 23.5 Å². The maximum atomic E-state index is 12.3. The number of alkyl halides is 2. The topological polar surface area (TPSA) is 68.6 Å². The van der Waals surface area contributed by atoms with Gasteiger partial charge in [0.15, 0.2) is 11.5 Å². The zero-order valence-corrected chi connectivity index (χ0v) is 10.3. The molecule has 7 heteroatoms. The predicted octanol–water partition coefficient (Wildman–Crippen LogP) is 1.88. The van der Waals surface area contributed by atoms with Gasteiger partial charge in [0, 0.05) is 0 Å². The summed E-state index contributed by atoms with van der Waals surface area (Å²) >= 11 is 0.